The van der Waals surface area contributed by atoms with Gasteiger partial charge in [-0.1, -0.05) is 40.9 Å². The molecule has 0 saturated heterocycles. The molecule has 0 radical (unpaired) electrons. The number of ether oxygens (including phenoxy) is 3. The minimum atomic E-state index is -0.595. The van der Waals surface area contributed by atoms with Gasteiger partial charge in [0.05, 0.1) is 35.9 Å². The van der Waals surface area contributed by atoms with Gasteiger partial charge in [-0.05, 0) is 66.6 Å². The zero-order valence-corrected chi connectivity index (χ0v) is 24.8. The maximum Gasteiger partial charge on any atom is 0.416 e. The van der Waals surface area contributed by atoms with Gasteiger partial charge in [0.15, 0.2) is 11.5 Å². The number of halogens is 3. The van der Waals surface area contributed by atoms with Crippen molar-refractivity contribution in [1.82, 2.24) is 9.88 Å². The van der Waals surface area contributed by atoms with Gasteiger partial charge in [-0.2, -0.15) is 4.98 Å². The van der Waals surface area contributed by atoms with E-state index in [9.17, 15) is 9.59 Å². The predicted octanol–water partition coefficient (Wildman–Crippen LogP) is 7.77. The van der Waals surface area contributed by atoms with Gasteiger partial charge in [-0.3, -0.25) is 9.69 Å². The van der Waals surface area contributed by atoms with Crippen molar-refractivity contribution in [3.05, 3.63) is 92.2 Å². The molecule has 1 aromatic heterocycles. The molecule has 0 N–H and O–H groups in total. The minimum Gasteiger partial charge on any atom is -0.493 e. The topological polar surface area (TPSA) is 81.2 Å². The first-order chi connectivity index (χ1) is 19.2. The number of amides is 2. The Bertz CT molecular complexity index is 1510. The lowest BCUT2D eigenvalue weighted by Gasteiger charge is -2.21. The van der Waals surface area contributed by atoms with Crippen LogP contribution in [0.25, 0.3) is 0 Å². The number of carbonyl (C=O) groups excluding carboxylic acids is 2. The number of benzene rings is 3. The highest BCUT2D eigenvalue weighted by molar-refractivity contribution is 7.14. The molecular weight excluding hydrogens is 597 g/mol. The molecule has 0 atom stereocenters. The lowest BCUT2D eigenvalue weighted by atomic mass is 10.1. The summed E-state index contributed by atoms with van der Waals surface area (Å²) in [5.41, 5.74) is 1.69. The maximum atomic E-state index is 13.6. The van der Waals surface area contributed by atoms with Gasteiger partial charge in [-0.25, -0.2) is 4.79 Å². The van der Waals surface area contributed by atoms with E-state index in [4.69, 9.17) is 49.0 Å². The highest BCUT2D eigenvalue weighted by atomic mass is 35.5. The quantitative estimate of drug-likeness (QED) is 0.190. The van der Waals surface area contributed by atoms with Crippen molar-refractivity contribution in [3.8, 4) is 17.4 Å². The molecule has 4 aromatic rings. The van der Waals surface area contributed by atoms with Crippen LogP contribution in [-0.4, -0.2) is 49.7 Å². The fourth-order valence-electron chi connectivity index (χ4n) is 3.68. The van der Waals surface area contributed by atoms with E-state index in [0.717, 1.165) is 16.9 Å². The third-order valence-electron chi connectivity index (χ3n) is 5.80. The highest BCUT2D eigenvalue weighted by Crippen LogP contribution is 2.35. The third-order valence-corrected chi connectivity index (χ3v) is 7.40. The van der Waals surface area contributed by atoms with Gasteiger partial charge in [0.25, 0.3) is 5.91 Å². The van der Waals surface area contributed by atoms with Crippen LogP contribution in [-0.2, 0) is 6.42 Å². The second-order valence-electron chi connectivity index (χ2n) is 8.44. The van der Waals surface area contributed by atoms with Crippen LogP contribution in [0.4, 0.5) is 15.6 Å². The Morgan fingerprint density at radius 1 is 0.900 bits per heavy atom. The van der Waals surface area contributed by atoms with Crippen LogP contribution in [0.3, 0.4) is 0 Å². The Morgan fingerprint density at radius 3 is 2.27 bits per heavy atom. The second-order valence-corrected chi connectivity index (χ2v) is 10.6. The number of carbonyl (C=O) groups is 2. The zero-order chi connectivity index (χ0) is 28.8. The van der Waals surface area contributed by atoms with Crippen molar-refractivity contribution < 1.29 is 23.8 Å². The average Bonchev–Trinajstić information content (AvgIpc) is 3.40. The van der Waals surface area contributed by atoms with E-state index in [1.165, 1.54) is 21.9 Å². The van der Waals surface area contributed by atoms with Crippen LogP contribution in [0.5, 0.6) is 17.4 Å². The number of thiazole rings is 1. The summed E-state index contributed by atoms with van der Waals surface area (Å²) in [7, 11) is 4.77. The van der Waals surface area contributed by atoms with E-state index < -0.39 is 12.0 Å². The Morgan fingerprint density at radius 2 is 1.60 bits per heavy atom. The predicted molar refractivity (Wildman–Crippen MR) is 158 cm³/mol. The summed E-state index contributed by atoms with van der Waals surface area (Å²) < 4.78 is 16.1. The Balaban J connectivity index is 1.49. The minimum absolute atomic E-state index is 0.0527. The van der Waals surface area contributed by atoms with Gasteiger partial charge < -0.3 is 19.1 Å². The van der Waals surface area contributed by atoms with Crippen LogP contribution in [0.2, 0.25) is 15.1 Å². The maximum absolute atomic E-state index is 13.6. The summed E-state index contributed by atoms with van der Waals surface area (Å²) in [6.45, 7) is 0.385. The summed E-state index contributed by atoms with van der Waals surface area (Å²) in [5, 5.41) is 2.92. The van der Waals surface area contributed by atoms with E-state index in [-0.39, 0.29) is 21.6 Å². The molecule has 3 aromatic carbocycles. The number of hydrogen-bond donors (Lipinski definition) is 0. The molecule has 0 aliphatic rings. The Labute approximate surface area is 250 Å². The summed E-state index contributed by atoms with van der Waals surface area (Å²) in [5.74, 6) is 0.850. The monoisotopic (exact) mass is 619 g/mol. The molecule has 208 valence electrons. The highest BCUT2D eigenvalue weighted by Gasteiger charge is 2.26. The Hall–Kier alpha value is -3.50. The number of likely N-dealkylation sites (N-methyl/N-ethyl adjacent to an activating group) is 1. The largest absolute Gasteiger partial charge is 0.493 e. The number of nitrogens with zero attached hydrogens (tertiary/aromatic N) is 3. The summed E-state index contributed by atoms with van der Waals surface area (Å²) >= 11 is 19.5. The lowest BCUT2D eigenvalue weighted by molar-refractivity contribution is 0.0999. The van der Waals surface area contributed by atoms with Crippen molar-refractivity contribution in [1.29, 1.82) is 0 Å². The molecular formula is C28H24Cl3N3O5S. The van der Waals surface area contributed by atoms with E-state index in [1.54, 1.807) is 57.0 Å². The van der Waals surface area contributed by atoms with Crippen molar-refractivity contribution in [2.24, 2.45) is 0 Å². The molecule has 4 rings (SSSR count). The summed E-state index contributed by atoms with van der Waals surface area (Å²) in [6, 6.07) is 16.9. The van der Waals surface area contributed by atoms with Gasteiger partial charge in [0.2, 0.25) is 11.0 Å². The molecule has 0 bridgehead atoms. The first-order valence-corrected chi connectivity index (χ1v) is 13.9. The smallest absolute Gasteiger partial charge is 0.416 e. The number of rotatable bonds is 9. The average molecular weight is 621 g/mol. The molecule has 0 aliphatic heterocycles. The van der Waals surface area contributed by atoms with Crippen LogP contribution in [0.1, 0.15) is 15.9 Å². The number of hydrogen-bond acceptors (Lipinski definition) is 7. The van der Waals surface area contributed by atoms with Gasteiger partial charge in [0.1, 0.15) is 0 Å². The van der Waals surface area contributed by atoms with Crippen molar-refractivity contribution >= 4 is 69.0 Å². The number of anilines is 2. The molecule has 40 heavy (non-hydrogen) atoms. The molecule has 0 unspecified atom stereocenters. The van der Waals surface area contributed by atoms with Gasteiger partial charge in [0, 0.05) is 23.6 Å². The number of aromatic nitrogens is 1. The first-order valence-electron chi connectivity index (χ1n) is 11.8. The summed E-state index contributed by atoms with van der Waals surface area (Å²) in [4.78, 5) is 33.6. The normalized spacial score (nSPS) is 10.7. The molecule has 0 saturated carbocycles. The second kappa shape index (κ2) is 13.2. The van der Waals surface area contributed by atoms with Crippen LogP contribution >= 0.6 is 46.1 Å². The zero-order valence-electron chi connectivity index (χ0n) is 21.7. The molecule has 0 spiro atoms. The van der Waals surface area contributed by atoms with Crippen LogP contribution in [0.15, 0.2) is 66.0 Å². The van der Waals surface area contributed by atoms with Crippen LogP contribution in [0, 0.1) is 0 Å². The Kier molecular flexibility index (Phi) is 9.76. The first kappa shape index (κ1) is 29.5. The van der Waals surface area contributed by atoms with Crippen molar-refractivity contribution in [3.63, 3.8) is 0 Å². The molecule has 12 heteroatoms. The molecule has 1 heterocycles. The van der Waals surface area contributed by atoms with Gasteiger partial charge >= 0.3 is 6.09 Å². The van der Waals surface area contributed by atoms with Gasteiger partial charge in [-0.15, -0.1) is 11.3 Å². The van der Waals surface area contributed by atoms with E-state index in [1.807, 2.05) is 18.2 Å². The van der Waals surface area contributed by atoms with E-state index >= 15 is 0 Å². The van der Waals surface area contributed by atoms with E-state index in [2.05, 4.69) is 4.98 Å². The molecule has 0 aliphatic carbocycles. The number of methoxy groups -OCH3 is 2. The summed E-state index contributed by atoms with van der Waals surface area (Å²) in [6.07, 6.45) is -0.0305. The molecule has 2 amide bonds. The fraction of sp³-hybridized carbons (Fsp3) is 0.179. The van der Waals surface area contributed by atoms with E-state index in [0.29, 0.717) is 40.2 Å². The third kappa shape index (κ3) is 6.98. The van der Waals surface area contributed by atoms with Crippen molar-refractivity contribution in [2.45, 2.75) is 6.42 Å². The standard InChI is InChI=1S/C28H24Cl3N3O5S/c1-33(13-12-17-4-11-23(37-2)24(14-17)38-3)28(36)39-25-16-40-27(32-25)34(20-8-5-18(29)6-9-20)26(35)21-10-7-19(30)15-22(21)31/h4-11,14-16H,12-13H2,1-3H3. The molecule has 8 nitrogen and oxygen atoms in total. The molecule has 0 fully saturated rings. The lowest BCUT2D eigenvalue weighted by Crippen LogP contribution is -2.31. The SMILES string of the molecule is COc1ccc(CCN(C)C(=O)Oc2csc(N(C(=O)c3ccc(Cl)cc3Cl)c3ccc(Cl)cc3)n2)cc1OC. The fourth-order valence-corrected chi connectivity index (χ4v) is 5.04. The van der Waals surface area contributed by atoms with Crippen molar-refractivity contribution in [2.75, 3.05) is 32.7 Å². The van der Waals surface area contributed by atoms with Crippen LogP contribution < -0.4 is 19.1 Å².